The first kappa shape index (κ1) is 15.8. The van der Waals surface area contributed by atoms with E-state index in [1.807, 2.05) is 12.1 Å². The zero-order chi connectivity index (χ0) is 14.4. The van der Waals surface area contributed by atoms with Gasteiger partial charge in [0.25, 0.3) is 0 Å². The Hall–Kier alpha value is -0.580. The van der Waals surface area contributed by atoms with E-state index in [-0.39, 0.29) is 5.91 Å². The fraction of sp³-hybridized carbons (Fsp3) is 0.667. The molecule has 1 unspecified atom stereocenters. The molecule has 1 N–H and O–H groups in total. The molecule has 1 aromatic rings. The smallest absolute Gasteiger partial charge is 0.220 e. The number of thiophene rings is 1. The van der Waals surface area contributed by atoms with Crippen molar-refractivity contribution in [3.05, 3.63) is 21.3 Å². The molecule has 0 bridgehead atoms. The number of nitrogens with zero attached hydrogens (tertiary/aromatic N) is 1. The number of rotatable bonds is 7. The first-order valence-electron chi connectivity index (χ1n) is 7.40. The minimum absolute atomic E-state index is 0.156. The van der Waals surface area contributed by atoms with Gasteiger partial charge in [0.2, 0.25) is 5.91 Å². The van der Waals surface area contributed by atoms with Crippen LogP contribution in [0.25, 0.3) is 0 Å². The largest absolute Gasteiger partial charge is 0.356 e. The molecule has 2 rings (SSSR count). The lowest BCUT2D eigenvalue weighted by molar-refractivity contribution is -0.121. The summed E-state index contributed by atoms with van der Waals surface area (Å²) in [5.74, 6) is 0.783. The predicted molar refractivity (Wildman–Crippen MR) is 85.5 cm³/mol. The van der Waals surface area contributed by atoms with Gasteiger partial charge >= 0.3 is 0 Å². The Bertz CT molecular complexity index is 435. The molecule has 20 heavy (non-hydrogen) atoms. The Labute approximate surface area is 130 Å². The Morgan fingerprint density at radius 3 is 3.10 bits per heavy atom. The standard InChI is InChI=1S/C15H23ClN2OS/c1-2-8-18-9-7-12(11-18)10-17-15(19)6-4-13-3-5-14(16)20-13/h3,5,12H,2,4,6-11H2,1H3,(H,17,19). The highest BCUT2D eigenvalue weighted by molar-refractivity contribution is 7.16. The predicted octanol–water partition coefficient (Wildman–Crippen LogP) is 3.18. The molecule has 0 aromatic carbocycles. The van der Waals surface area contributed by atoms with Crippen LogP contribution in [-0.4, -0.2) is 37.0 Å². The second-order valence-corrected chi connectivity index (χ2v) is 7.26. The molecule has 0 saturated carbocycles. The third-order valence-electron chi connectivity index (χ3n) is 3.73. The summed E-state index contributed by atoms with van der Waals surface area (Å²) < 4.78 is 0.794. The van der Waals surface area contributed by atoms with Gasteiger partial charge in [0.15, 0.2) is 0 Å². The van der Waals surface area contributed by atoms with Gasteiger partial charge in [-0.25, -0.2) is 0 Å². The van der Waals surface area contributed by atoms with Gasteiger partial charge in [-0.1, -0.05) is 18.5 Å². The van der Waals surface area contributed by atoms with Crippen LogP contribution in [0.15, 0.2) is 12.1 Å². The fourth-order valence-corrected chi connectivity index (χ4v) is 3.76. The van der Waals surface area contributed by atoms with Crippen LogP contribution in [0.2, 0.25) is 4.34 Å². The zero-order valence-electron chi connectivity index (χ0n) is 12.0. The number of carbonyl (C=O) groups excluding carboxylic acids is 1. The van der Waals surface area contributed by atoms with Crippen molar-refractivity contribution in [3.8, 4) is 0 Å². The Morgan fingerprint density at radius 1 is 1.55 bits per heavy atom. The van der Waals surface area contributed by atoms with E-state index < -0.39 is 0 Å². The summed E-state index contributed by atoms with van der Waals surface area (Å²) >= 11 is 7.43. The van der Waals surface area contributed by atoms with Crippen LogP contribution in [0, 0.1) is 5.92 Å². The van der Waals surface area contributed by atoms with Crippen molar-refractivity contribution in [2.24, 2.45) is 5.92 Å². The molecular formula is C15H23ClN2OS. The number of nitrogens with one attached hydrogen (secondary N) is 1. The average Bonchev–Trinajstić information content (AvgIpc) is 3.04. The highest BCUT2D eigenvalue weighted by atomic mass is 35.5. The van der Waals surface area contributed by atoms with E-state index in [1.165, 1.54) is 30.8 Å². The molecule has 2 heterocycles. The quantitative estimate of drug-likeness (QED) is 0.838. The minimum Gasteiger partial charge on any atom is -0.356 e. The number of aryl methyl sites for hydroxylation is 1. The minimum atomic E-state index is 0.156. The first-order valence-corrected chi connectivity index (χ1v) is 8.60. The van der Waals surface area contributed by atoms with E-state index in [1.54, 1.807) is 11.3 Å². The first-order chi connectivity index (χ1) is 9.67. The van der Waals surface area contributed by atoms with Gasteiger partial charge in [0.1, 0.15) is 0 Å². The topological polar surface area (TPSA) is 32.3 Å². The maximum atomic E-state index is 11.8. The maximum Gasteiger partial charge on any atom is 0.220 e. The number of hydrogen-bond donors (Lipinski definition) is 1. The average molecular weight is 315 g/mol. The van der Waals surface area contributed by atoms with Crippen molar-refractivity contribution in [1.82, 2.24) is 10.2 Å². The Balaban J connectivity index is 1.61. The van der Waals surface area contributed by atoms with Gasteiger partial charge in [-0.2, -0.15) is 0 Å². The number of halogens is 1. The normalized spacial score (nSPS) is 19.4. The van der Waals surface area contributed by atoms with E-state index in [2.05, 4.69) is 17.1 Å². The molecule has 1 aliphatic rings. The molecule has 0 radical (unpaired) electrons. The second-order valence-electron chi connectivity index (χ2n) is 5.47. The van der Waals surface area contributed by atoms with Crippen molar-refractivity contribution in [2.45, 2.75) is 32.6 Å². The van der Waals surface area contributed by atoms with Crippen LogP contribution in [0.4, 0.5) is 0 Å². The lowest BCUT2D eigenvalue weighted by atomic mass is 10.1. The summed E-state index contributed by atoms with van der Waals surface area (Å²) in [6.45, 7) is 6.54. The lowest BCUT2D eigenvalue weighted by Gasteiger charge is -2.15. The summed E-state index contributed by atoms with van der Waals surface area (Å²) in [6.07, 6.45) is 3.77. The summed E-state index contributed by atoms with van der Waals surface area (Å²) in [4.78, 5) is 15.5. The van der Waals surface area contributed by atoms with E-state index in [0.29, 0.717) is 12.3 Å². The van der Waals surface area contributed by atoms with Crippen LogP contribution < -0.4 is 5.32 Å². The maximum absolute atomic E-state index is 11.8. The van der Waals surface area contributed by atoms with Gasteiger partial charge in [-0.05, 0) is 50.4 Å². The van der Waals surface area contributed by atoms with Crippen molar-refractivity contribution >= 4 is 28.8 Å². The van der Waals surface area contributed by atoms with E-state index in [4.69, 9.17) is 11.6 Å². The molecule has 0 aliphatic carbocycles. The van der Waals surface area contributed by atoms with Crippen molar-refractivity contribution in [1.29, 1.82) is 0 Å². The molecule has 1 amide bonds. The molecule has 1 aromatic heterocycles. The molecule has 5 heteroatoms. The van der Waals surface area contributed by atoms with Crippen molar-refractivity contribution in [2.75, 3.05) is 26.2 Å². The van der Waals surface area contributed by atoms with E-state index >= 15 is 0 Å². The molecule has 1 saturated heterocycles. The summed E-state index contributed by atoms with van der Waals surface area (Å²) in [5, 5.41) is 3.07. The summed E-state index contributed by atoms with van der Waals surface area (Å²) in [7, 11) is 0. The molecule has 1 aliphatic heterocycles. The van der Waals surface area contributed by atoms with Crippen molar-refractivity contribution in [3.63, 3.8) is 0 Å². The van der Waals surface area contributed by atoms with Crippen LogP contribution in [0.5, 0.6) is 0 Å². The highest BCUT2D eigenvalue weighted by Crippen LogP contribution is 2.22. The Kier molecular flexibility index (Phi) is 6.33. The van der Waals surface area contributed by atoms with Gasteiger partial charge in [-0.15, -0.1) is 11.3 Å². The molecule has 1 atom stereocenters. The molecular weight excluding hydrogens is 292 g/mol. The summed E-state index contributed by atoms with van der Waals surface area (Å²) in [5.41, 5.74) is 0. The number of hydrogen-bond acceptors (Lipinski definition) is 3. The monoisotopic (exact) mass is 314 g/mol. The van der Waals surface area contributed by atoms with Crippen LogP contribution in [0.1, 0.15) is 31.1 Å². The number of amides is 1. The van der Waals surface area contributed by atoms with E-state index in [0.717, 1.165) is 23.8 Å². The SMILES string of the molecule is CCCN1CCC(CNC(=O)CCc2ccc(Cl)s2)C1. The second kappa shape index (κ2) is 8.01. The Morgan fingerprint density at radius 2 is 2.40 bits per heavy atom. The third-order valence-corrected chi connectivity index (χ3v) is 5.02. The van der Waals surface area contributed by atoms with E-state index in [9.17, 15) is 4.79 Å². The number of likely N-dealkylation sites (tertiary alicyclic amines) is 1. The molecule has 112 valence electrons. The number of carbonyl (C=O) groups is 1. The summed E-state index contributed by atoms with van der Waals surface area (Å²) in [6, 6.07) is 3.89. The van der Waals surface area contributed by atoms with Gasteiger partial charge in [0, 0.05) is 24.4 Å². The van der Waals surface area contributed by atoms with Gasteiger partial charge in [0.05, 0.1) is 4.34 Å². The van der Waals surface area contributed by atoms with Crippen LogP contribution in [-0.2, 0) is 11.2 Å². The van der Waals surface area contributed by atoms with Gasteiger partial charge in [-0.3, -0.25) is 4.79 Å². The zero-order valence-corrected chi connectivity index (χ0v) is 13.6. The lowest BCUT2D eigenvalue weighted by Crippen LogP contribution is -2.31. The van der Waals surface area contributed by atoms with Crippen molar-refractivity contribution < 1.29 is 4.79 Å². The van der Waals surface area contributed by atoms with Gasteiger partial charge < -0.3 is 10.2 Å². The fourth-order valence-electron chi connectivity index (χ4n) is 2.67. The van der Waals surface area contributed by atoms with Crippen LogP contribution in [0.3, 0.4) is 0 Å². The molecule has 3 nitrogen and oxygen atoms in total. The highest BCUT2D eigenvalue weighted by Gasteiger charge is 2.21. The molecule has 0 spiro atoms. The van der Waals surface area contributed by atoms with Crippen LogP contribution >= 0.6 is 22.9 Å². The third kappa shape index (κ3) is 5.08. The molecule has 1 fully saturated rings.